The van der Waals surface area contributed by atoms with Crippen molar-refractivity contribution in [1.82, 2.24) is 0 Å². The van der Waals surface area contributed by atoms with Crippen LogP contribution in [0.3, 0.4) is 0 Å². The molecule has 0 aliphatic heterocycles. The van der Waals surface area contributed by atoms with E-state index < -0.39 is 21.4 Å². The molecule has 0 aromatic heterocycles. The van der Waals surface area contributed by atoms with E-state index in [1.54, 1.807) is 6.92 Å². The van der Waals surface area contributed by atoms with E-state index in [1.807, 2.05) is 0 Å². The maximum absolute atomic E-state index is 11.8. The zero-order chi connectivity index (χ0) is 18.6. The number of nitro groups is 2. The van der Waals surface area contributed by atoms with Crippen LogP contribution in [0, 0.1) is 20.2 Å². The van der Waals surface area contributed by atoms with Crippen LogP contribution in [0.25, 0.3) is 0 Å². The van der Waals surface area contributed by atoms with E-state index in [2.05, 4.69) is 0 Å². The number of nitrogens with zero attached hydrogens (tertiary/aromatic N) is 2. The van der Waals surface area contributed by atoms with Crippen molar-refractivity contribution in [3.63, 3.8) is 0 Å². The molecule has 0 aliphatic rings. The first-order valence-corrected chi connectivity index (χ1v) is 7.28. The van der Waals surface area contributed by atoms with Crippen molar-refractivity contribution in [2.24, 2.45) is 0 Å². The van der Waals surface area contributed by atoms with E-state index in [0.29, 0.717) is 0 Å². The molecular formula is C15H11ClN2O7. The fourth-order valence-corrected chi connectivity index (χ4v) is 2.07. The molecule has 0 N–H and O–H groups in total. The third-order valence-electron chi connectivity index (χ3n) is 3.07. The highest BCUT2D eigenvalue weighted by molar-refractivity contribution is 6.20. The number of rotatable bonds is 5. The van der Waals surface area contributed by atoms with E-state index in [-0.39, 0.29) is 28.4 Å². The lowest BCUT2D eigenvalue weighted by atomic mass is 10.1. The molecule has 2 rings (SSSR count). The predicted octanol–water partition coefficient (Wildman–Crippen LogP) is 4.38. The third kappa shape index (κ3) is 4.64. The second kappa shape index (κ2) is 7.58. The molecule has 0 saturated carbocycles. The van der Waals surface area contributed by atoms with Crippen LogP contribution in [-0.4, -0.2) is 16.0 Å². The average Bonchev–Trinajstić information content (AvgIpc) is 2.55. The van der Waals surface area contributed by atoms with Crippen molar-refractivity contribution in [3.05, 3.63) is 68.3 Å². The summed E-state index contributed by atoms with van der Waals surface area (Å²) in [5.74, 6) is 0.0537. The van der Waals surface area contributed by atoms with Crippen LogP contribution in [0.4, 0.5) is 16.2 Å². The van der Waals surface area contributed by atoms with Gasteiger partial charge in [-0.2, -0.15) is 0 Å². The highest BCUT2D eigenvalue weighted by Gasteiger charge is 2.19. The Morgan fingerprint density at radius 2 is 1.56 bits per heavy atom. The second-order valence-corrected chi connectivity index (χ2v) is 5.46. The molecule has 0 spiro atoms. The molecule has 130 valence electrons. The summed E-state index contributed by atoms with van der Waals surface area (Å²) in [6, 6.07) is 8.41. The van der Waals surface area contributed by atoms with Gasteiger partial charge in [0.15, 0.2) is 0 Å². The molecule has 0 heterocycles. The lowest BCUT2D eigenvalue weighted by Gasteiger charge is -2.11. The summed E-state index contributed by atoms with van der Waals surface area (Å²) in [5, 5.41) is 20.7. The number of alkyl halides is 1. The fourth-order valence-electron chi connectivity index (χ4n) is 1.90. The maximum atomic E-state index is 11.8. The maximum Gasteiger partial charge on any atom is 0.519 e. The number of benzene rings is 2. The summed E-state index contributed by atoms with van der Waals surface area (Å²) in [6.07, 6.45) is -1.11. The van der Waals surface area contributed by atoms with E-state index in [4.69, 9.17) is 21.1 Å². The SMILES string of the molecule is CC(Cl)c1cc([N+](=O)[O-])ccc1OC(=O)Oc1ccc([N+](=O)[O-])cc1. The van der Waals surface area contributed by atoms with Gasteiger partial charge >= 0.3 is 6.16 Å². The molecule has 0 fully saturated rings. The van der Waals surface area contributed by atoms with Crippen molar-refractivity contribution in [1.29, 1.82) is 0 Å². The summed E-state index contributed by atoms with van der Waals surface area (Å²) in [6.45, 7) is 1.56. The Kier molecular flexibility index (Phi) is 5.50. The van der Waals surface area contributed by atoms with Gasteiger partial charge in [0.1, 0.15) is 11.5 Å². The number of hydrogen-bond acceptors (Lipinski definition) is 7. The second-order valence-electron chi connectivity index (χ2n) is 4.80. The van der Waals surface area contributed by atoms with Gasteiger partial charge in [-0.25, -0.2) is 4.79 Å². The molecule has 0 amide bonds. The minimum absolute atomic E-state index is 0.0139. The summed E-state index contributed by atoms with van der Waals surface area (Å²) in [5.41, 5.74) is -0.107. The Balaban J connectivity index is 2.14. The number of halogens is 1. The highest BCUT2D eigenvalue weighted by atomic mass is 35.5. The molecule has 25 heavy (non-hydrogen) atoms. The average molecular weight is 367 g/mol. The Morgan fingerprint density at radius 3 is 2.08 bits per heavy atom. The first kappa shape index (κ1) is 18.1. The number of carbonyl (C=O) groups excluding carboxylic acids is 1. The quantitative estimate of drug-likeness (QED) is 0.253. The number of non-ortho nitro benzene ring substituents is 2. The Labute approximate surface area is 146 Å². The van der Waals surface area contributed by atoms with Gasteiger partial charge in [-0.3, -0.25) is 20.2 Å². The zero-order valence-corrected chi connectivity index (χ0v) is 13.5. The molecule has 1 atom stereocenters. The number of carbonyl (C=O) groups is 1. The van der Waals surface area contributed by atoms with Gasteiger partial charge in [0.05, 0.1) is 15.2 Å². The van der Waals surface area contributed by atoms with Gasteiger partial charge in [-0.15, -0.1) is 11.6 Å². The molecule has 0 bridgehead atoms. The largest absolute Gasteiger partial charge is 0.519 e. The minimum atomic E-state index is -1.11. The van der Waals surface area contributed by atoms with Crippen LogP contribution in [0.15, 0.2) is 42.5 Å². The summed E-state index contributed by atoms with van der Waals surface area (Å²) in [7, 11) is 0. The topological polar surface area (TPSA) is 122 Å². The van der Waals surface area contributed by atoms with Crippen LogP contribution in [0.5, 0.6) is 11.5 Å². The van der Waals surface area contributed by atoms with E-state index in [9.17, 15) is 25.0 Å². The molecular weight excluding hydrogens is 356 g/mol. The van der Waals surface area contributed by atoms with Gasteiger partial charge in [-0.05, 0) is 25.1 Å². The van der Waals surface area contributed by atoms with Crippen molar-refractivity contribution >= 4 is 29.1 Å². The van der Waals surface area contributed by atoms with E-state index >= 15 is 0 Å². The first-order valence-electron chi connectivity index (χ1n) is 6.84. The molecule has 10 heteroatoms. The minimum Gasteiger partial charge on any atom is -0.395 e. The van der Waals surface area contributed by atoms with Crippen LogP contribution in [-0.2, 0) is 0 Å². The van der Waals surface area contributed by atoms with Crippen molar-refractivity contribution in [2.45, 2.75) is 12.3 Å². The van der Waals surface area contributed by atoms with Crippen molar-refractivity contribution in [3.8, 4) is 11.5 Å². The highest BCUT2D eigenvalue weighted by Crippen LogP contribution is 2.33. The molecule has 1 unspecified atom stereocenters. The van der Waals surface area contributed by atoms with Gasteiger partial charge in [-0.1, -0.05) is 0 Å². The Bertz CT molecular complexity index is 821. The fraction of sp³-hybridized carbons (Fsp3) is 0.133. The third-order valence-corrected chi connectivity index (χ3v) is 3.31. The van der Waals surface area contributed by atoms with Gasteiger partial charge in [0.25, 0.3) is 11.4 Å². The lowest BCUT2D eigenvalue weighted by molar-refractivity contribution is -0.385. The smallest absolute Gasteiger partial charge is 0.395 e. The normalized spacial score (nSPS) is 11.4. The van der Waals surface area contributed by atoms with Crippen LogP contribution in [0.2, 0.25) is 0 Å². The molecule has 0 radical (unpaired) electrons. The number of nitro benzene ring substituents is 2. The molecule has 2 aromatic rings. The van der Waals surface area contributed by atoms with E-state index in [0.717, 1.165) is 6.07 Å². The van der Waals surface area contributed by atoms with Gasteiger partial charge in [0.2, 0.25) is 0 Å². The molecule has 9 nitrogen and oxygen atoms in total. The van der Waals surface area contributed by atoms with Gasteiger partial charge < -0.3 is 9.47 Å². The van der Waals surface area contributed by atoms with Crippen molar-refractivity contribution < 1.29 is 24.1 Å². The van der Waals surface area contributed by atoms with Crippen LogP contribution < -0.4 is 9.47 Å². The standard InChI is InChI=1S/C15H11ClN2O7/c1-9(16)13-8-11(18(22)23)4-7-14(13)25-15(19)24-12-5-2-10(3-6-12)17(20)21/h2-9H,1H3. The van der Waals surface area contributed by atoms with Crippen LogP contribution in [0.1, 0.15) is 17.9 Å². The zero-order valence-electron chi connectivity index (χ0n) is 12.7. The van der Waals surface area contributed by atoms with Crippen molar-refractivity contribution in [2.75, 3.05) is 0 Å². The summed E-state index contributed by atoms with van der Waals surface area (Å²) in [4.78, 5) is 32.0. The molecule has 2 aromatic carbocycles. The van der Waals surface area contributed by atoms with E-state index in [1.165, 1.54) is 36.4 Å². The monoisotopic (exact) mass is 366 g/mol. The predicted molar refractivity (Wildman–Crippen MR) is 87.1 cm³/mol. The Morgan fingerprint density at radius 1 is 1.00 bits per heavy atom. The molecule has 0 saturated heterocycles. The molecule has 0 aliphatic carbocycles. The summed E-state index contributed by atoms with van der Waals surface area (Å²) < 4.78 is 9.93. The lowest BCUT2D eigenvalue weighted by Crippen LogP contribution is -2.15. The van der Waals surface area contributed by atoms with Gasteiger partial charge in [0, 0.05) is 29.8 Å². The first-order chi connectivity index (χ1) is 11.8. The Hall–Kier alpha value is -3.20. The summed E-state index contributed by atoms with van der Waals surface area (Å²) >= 11 is 5.96. The number of hydrogen-bond donors (Lipinski definition) is 0. The number of ether oxygens (including phenoxy) is 2. The van der Waals surface area contributed by atoms with Crippen LogP contribution >= 0.6 is 11.6 Å².